The molecule has 1 aliphatic rings. The molecule has 0 fully saturated rings. The average Bonchev–Trinajstić information content (AvgIpc) is 2.82. The predicted molar refractivity (Wildman–Crippen MR) is 110 cm³/mol. The van der Waals surface area contributed by atoms with Crippen molar-refractivity contribution in [2.45, 2.75) is 32.4 Å². The first-order valence-electron chi connectivity index (χ1n) is 9.68. The molecular formula is C23H28N2O2. The van der Waals surface area contributed by atoms with Gasteiger partial charge in [0.2, 0.25) is 0 Å². The Hall–Kier alpha value is -2.30. The molecule has 0 saturated heterocycles. The van der Waals surface area contributed by atoms with Crippen LogP contribution in [0, 0.1) is 6.92 Å². The zero-order valence-corrected chi connectivity index (χ0v) is 16.4. The van der Waals surface area contributed by atoms with Crippen molar-refractivity contribution in [3.63, 3.8) is 0 Å². The van der Waals surface area contributed by atoms with Crippen LogP contribution in [0.3, 0.4) is 0 Å². The van der Waals surface area contributed by atoms with E-state index >= 15 is 0 Å². The van der Waals surface area contributed by atoms with Crippen LogP contribution in [0.25, 0.3) is 10.9 Å². The van der Waals surface area contributed by atoms with Gasteiger partial charge < -0.3 is 19.3 Å². The first-order valence-corrected chi connectivity index (χ1v) is 9.68. The maximum absolute atomic E-state index is 10.9. The van der Waals surface area contributed by atoms with Gasteiger partial charge >= 0.3 is 0 Å². The molecule has 0 amide bonds. The molecule has 4 rings (SSSR count). The number of ether oxygens (including phenoxy) is 1. The summed E-state index contributed by atoms with van der Waals surface area (Å²) in [5.41, 5.74) is 6.29. The summed E-state index contributed by atoms with van der Waals surface area (Å²) in [5.74, 6) is 0.810. The summed E-state index contributed by atoms with van der Waals surface area (Å²) in [6.07, 6.45) is 1.55. The number of nitrogens with zero attached hydrogens (tertiary/aromatic N) is 2. The summed E-state index contributed by atoms with van der Waals surface area (Å²) < 4.78 is 7.58. The van der Waals surface area contributed by atoms with Gasteiger partial charge in [-0.2, -0.15) is 0 Å². The lowest BCUT2D eigenvalue weighted by molar-refractivity contribution is 0.157. The fourth-order valence-corrected chi connectivity index (χ4v) is 4.18. The van der Waals surface area contributed by atoms with Crippen LogP contribution in [0.2, 0.25) is 0 Å². The SMILES string of the molecule is COc1ccc([C@@H](O)Cn2c3c(c4cc(C)ccc42)CCN(C)CC3)cc1. The highest BCUT2D eigenvalue weighted by Gasteiger charge is 2.22. The van der Waals surface area contributed by atoms with Crippen molar-refractivity contribution in [2.75, 3.05) is 27.2 Å². The highest BCUT2D eigenvalue weighted by molar-refractivity contribution is 5.86. The Labute approximate surface area is 161 Å². The Kier molecular flexibility index (Phi) is 4.94. The summed E-state index contributed by atoms with van der Waals surface area (Å²) in [4.78, 5) is 2.39. The number of hydrogen-bond acceptors (Lipinski definition) is 3. The second-order valence-corrected chi connectivity index (χ2v) is 7.65. The third-order valence-electron chi connectivity index (χ3n) is 5.77. The van der Waals surface area contributed by atoms with Gasteiger partial charge in [0, 0.05) is 36.1 Å². The number of likely N-dealkylation sites (N-methyl/N-ethyl adjacent to an activating group) is 1. The van der Waals surface area contributed by atoms with Gasteiger partial charge in [0.15, 0.2) is 0 Å². The molecule has 0 radical (unpaired) electrons. The Bertz CT molecular complexity index is 943. The normalized spacial score (nSPS) is 16.1. The van der Waals surface area contributed by atoms with Crippen molar-refractivity contribution in [3.05, 3.63) is 64.8 Å². The number of hydrogen-bond donors (Lipinski definition) is 1. The molecule has 1 aliphatic heterocycles. The highest BCUT2D eigenvalue weighted by Crippen LogP contribution is 2.32. The van der Waals surface area contributed by atoms with E-state index in [2.05, 4.69) is 41.6 Å². The number of aliphatic hydroxyl groups is 1. The van der Waals surface area contributed by atoms with E-state index in [9.17, 15) is 5.11 Å². The molecule has 2 heterocycles. The van der Waals surface area contributed by atoms with E-state index in [1.165, 1.54) is 27.7 Å². The molecule has 0 bridgehead atoms. The fraction of sp³-hybridized carbons (Fsp3) is 0.391. The van der Waals surface area contributed by atoms with Crippen LogP contribution in [-0.4, -0.2) is 41.8 Å². The predicted octanol–water partition coefficient (Wildman–Crippen LogP) is 3.72. The van der Waals surface area contributed by atoms with Gasteiger partial charge in [0.25, 0.3) is 0 Å². The summed E-state index contributed by atoms with van der Waals surface area (Å²) in [6, 6.07) is 14.4. The van der Waals surface area contributed by atoms with Crippen LogP contribution in [-0.2, 0) is 19.4 Å². The first kappa shape index (κ1) is 18.1. The van der Waals surface area contributed by atoms with Crippen molar-refractivity contribution >= 4 is 10.9 Å². The number of fused-ring (bicyclic) bond motifs is 3. The minimum atomic E-state index is -0.544. The standard InChI is InChI=1S/C23H28N2O2/c1-16-4-9-21-20(14-16)19-10-12-24(2)13-11-22(19)25(21)15-23(26)17-5-7-18(27-3)8-6-17/h4-9,14,23,26H,10-13,15H2,1-3H3/t23-/m0/s1. The van der Waals surface area contributed by atoms with E-state index in [1.54, 1.807) is 7.11 Å². The van der Waals surface area contributed by atoms with Gasteiger partial charge in [0.05, 0.1) is 19.8 Å². The van der Waals surface area contributed by atoms with E-state index in [-0.39, 0.29) is 0 Å². The molecule has 0 unspecified atom stereocenters. The molecule has 142 valence electrons. The third-order valence-corrected chi connectivity index (χ3v) is 5.77. The van der Waals surface area contributed by atoms with Crippen molar-refractivity contribution in [1.29, 1.82) is 0 Å². The molecular weight excluding hydrogens is 336 g/mol. The number of rotatable bonds is 4. The van der Waals surface area contributed by atoms with E-state index in [1.807, 2.05) is 24.3 Å². The number of methoxy groups -OCH3 is 1. The summed E-state index contributed by atoms with van der Waals surface area (Å²) in [6.45, 7) is 4.87. The zero-order valence-electron chi connectivity index (χ0n) is 16.4. The molecule has 4 nitrogen and oxygen atoms in total. The van der Waals surface area contributed by atoms with Crippen molar-refractivity contribution in [2.24, 2.45) is 0 Å². The fourth-order valence-electron chi connectivity index (χ4n) is 4.18. The van der Waals surface area contributed by atoms with Crippen LogP contribution >= 0.6 is 0 Å². The minimum Gasteiger partial charge on any atom is -0.497 e. The number of aromatic nitrogens is 1. The van der Waals surface area contributed by atoms with Gasteiger partial charge in [-0.15, -0.1) is 0 Å². The largest absolute Gasteiger partial charge is 0.497 e. The monoisotopic (exact) mass is 364 g/mol. The van der Waals surface area contributed by atoms with Crippen molar-refractivity contribution in [3.8, 4) is 5.75 Å². The van der Waals surface area contributed by atoms with Crippen LogP contribution in [0.4, 0.5) is 0 Å². The van der Waals surface area contributed by atoms with Crippen LogP contribution in [0.5, 0.6) is 5.75 Å². The van der Waals surface area contributed by atoms with E-state index in [0.29, 0.717) is 6.54 Å². The lowest BCUT2D eigenvalue weighted by Gasteiger charge is -2.17. The number of benzene rings is 2. The second kappa shape index (κ2) is 7.37. The summed E-state index contributed by atoms with van der Waals surface area (Å²) >= 11 is 0. The molecule has 1 aromatic heterocycles. The van der Waals surface area contributed by atoms with Gasteiger partial charge in [-0.3, -0.25) is 0 Å². The lowest BCUT2D eigenvalue weighted by Crippen LogP contribution is -2.21. The molecule has 27 heavy (non-hydrogen) atoms. The Morgan fingerprint density at radius 3 is 2.56 bits per heavy atom. The van der Waals surface area contributed by atoms with E-state index < -0.39 is 6.10 Å². The zero-order chi connectivity index (χ0) is 19.0. The van der Waals surface area contributed by atoms with Crippen LogP contribution in [0.1, 0.15) is 28.5 Å². The van der Waals surface area contributed by atoms with Crippen LogP contribution < -0.4 is 4.74 Å². The van der Waals surface area contributed by atoms with Crippen molar-refractivity contribution in [1.82, 2.24) is 9.47 Å². The third kappa shape index (κ3) is 3.47. The van der Waals surface area contributed by atoms with Gasteiger partial charge in [-0.25, -0.2) is 0 Å². The molecule has 3 aromatic rings. The molecule has 1 N–H and O–H groups in total. The molecule has 2 aromatic carbocycles. The summed E-state index contributed by atoms with van der Waals surface area (Å²) in [7, 11) is 3.85. The quantitative estimate of drug-likeness (QED) is 0.767. The van der Waals surface area contributed by atoms with Crippen LogP contribution in [0.15, 0.2) is 42.5 Å². The van der Waals surface area contributed by atoms with Gasteiger partial charge in [0.1, 0.15) is 5.75 Å². The number of aryl methyl sites for hydroxylation is 1. The smallest absolute Gasteiger partial charge is 0.118 e. The molecule has 4 heteroatoms. The van der Waals surface area contributed by atoms with E-state index in [4.69, 9.17) is 4.74 Å². The van der Waals surface area contributed by atoms with Gasteiger partial charge in [-0.05, 0) is 55.8 Å². The maximum Gasteiger partial charge on any atom is 0.118 e. The topological polar surface area (TPSA) is 37.6 Å². The maximum atomic E-state index is 10.9. The van der Waals surface area contributed by atoms with Gasteiger partial charge in [-0.1, -0.05) is 23.8 Å². The minimum absolute atomic E-state index is 0.544. The van der Waals surface area contributed by atoms with E-state index in [0.717, 1.165) is 37.2 Å². The number of aliphatic hydroxyl groups excluding tert-OH is 1. The molecule has 0 spiro atoms. The Balaban J connectivity index is 1.74. The molecule has 0 aliphatic carbocycles. The first-order chi connectivity index (χ1) is 13.1. The average molecular weight is 364 g/mol. The van der Waals surface area contributed by atoms with Crippen molar-refractivity contribution < 1.29 is 9.84 Å². The summed E-state index contributed by atoms with van der Waals surface area (Å²) in [5, 5.41) is 12.3. The lowest BCUT2D eigenvalue weighted by atomic mass is 10.1. The highest BCUT2D eigenvalue weighted by atomic mass is 16.5. The molecule has 0 saturated carbocycles. The second-order valence-electron chi connectivity index (χ2n) is 7.65. The Morgan fingerprint density at radius 2 is 1.81 bits per heavy atom. The Morgan fingerprint density at radius 1 is 1.07 bits per heavy atom. The molecule has 1 atom stereocenters.